The lowest BCUT2D eigenvalue weighted by molar-refractivity contribution is 0.0600. The number of aromatic hydroxyl groups is 2. The molecule has 19 heavy (non-hydrogen) atoms. The van der Waals surface area contributed by atoms with E-state index in [0.717, 1.165) is 10.9 Å². The molecular formula is C14H11NO4. The molecule has 0 unspecified atom stereocenters. The first kappa shape index (κ1) is 11.4. The van der Waals surface area contributed by atoms with E-state index < -0.39 is 5.97 Å². The number of methoxy groups -OCH3 is 1. The van der Waals surface area contributed by atoms with Gasteiger partial charge in [-0.25, -0.2) is 4.79 Å². The van der Waals surface area contributed by atoms with E-state index in [1.54, 1.807) is 24.3 Å². The lowest BCUT2D eigenvalue weighted by Gasteiger charge is -2.01. The van der Waals surface area contributed by atoms with Gasteiger partial charge in [-0.15, -0.1) is 0 Å². The molecule has 0 fully saturated rings. The molecule has 5 heteroatoms. The molecule has 5 nitrogen and oxygen atoms in total. The maximum Gasteiger partial charge on any atom is 0.338 e. The molecule has 3 N–H and O–H groups in total. The predicted octanol–water partition coefficient (Wildman–Crippen LogP) is 2.52. The van der Waals surface area contributed by atoms with Crippen LogP contribution in [0.5, 0.6) is 11.5 Å². The third-order valence-corrected chi connectivity index (χ3v) is 3.09. The summed E-state index contributed by atoms with van der Waals surface area (Å²) >= 11 is 0. The highest BCUT2D eigenvalue weighted by Crippen LogP contribution is 2.34. The van der Waals surface area contributed by atoms with Crippen molar-refractivity contribution < 1.29 is 19.7 Å². The number of aromatic amines is 1. The third kappa shape index (κ3) is 1.67. The zero-order chi connectivity index (χ0) is 13.6. The first-order chi connectivity index (χ1) is 9.10. The van der Waals surface area contributed by atoms with Crippen LogP contribution in [0, 0.1) is 0 Å². The molecule has 0 aliphatic carbocycles. The largest absolute Gasteiger partial charge is 0.508 e. The van der Waals surface area contributed by atoms with Crippen molar-refractivity contribution in [3.05, 3.63) is 35.9 Å². The van der Waals surface area contributed by atoms with Crippen molar-refractivity contribution in [3.63, 3.8) is 0 Å². The van der Waals surface area contributed by atoms with E-state index in [-0.39, 0.29) is 17.1 Å². The van der Waals surface area contributed by atoms with Crippen LogP contribution < -0.4 is 0 Å². The number of benzene rings is 2. The smallest absolute Gasteiger partial charge is 0.338 e. The Hall–Kier alpha value is -2.69. The van der Waals surface area contributed by atoms with E-state index in [0.29, 0.717) is 10.9 Å². The van der Waals surface area contributed by atoms with Gasteiger partial charge in [-0.1, -0.05) is 0 Å². The molecule has 1 heterocycles. The van der Waals surface area contributed by atoms with Crippen molar-refractivity contribution in [2.45, 2.75) is 0 Å². The van der Waals surface area contributed by atoms with Gasteiger partial charge in [-0.3, -0.25) is 0 Å². The molecule has 0 radical (unpaired) electrons. The molecule has 1 aromatic heterocycles. The van der Waals surface area contributed by atoms with E-state index in [1.807, 2.05) is 0 Å². The van der Waals surface area contributed by atoms with Gasteiger partial charge in [-0.2, -0.15) is 0 Å². The van der Waals surface area contributed by atoms with Gasteiger partial charge in [0.25, 0.3) is 0 Å². The molecule has 2 aromatic carbocycles. The number of carbonyl (C=O) groups is 1. The molecule has 0 atom stereocenters. The van der Waals surface area contributed by atoms with Gasteiger partial charge in [0.1, 0.15) is 11.5 Å². The van der Waals surface area contributed by atoms with Gasteiger partial charge < -0.3 is 19.9 Å². The number of nitrogens with one attached hydrogen (secondary N) is 1. The first-order valence-electron chi connectivity index (χ1n) is 5.66. The van der Waals surface area contributed by atoms with Gasteiger partial charge in [0.05, 0.1) is 18.2 Å². The zero-order valence-corrected chi connectivity index (χ0v) is 10.1. The Kier molecular flexibility index (Phi) is 2.35. The number of fused-ring (bicyclic) bond motifs is 3. The van der Waals surface area contributed by atoms with E-state index in [4.69, 9.17) is 0 Å². The lowest BCUT2D eigenvalue weighted by Crippen LogP contribution is -2.00. The summed E-state index contributed by atoms with van der Waals surface area (Å²) in [6.07, 6.45) is 0. The summed E-state index contributed by atoms with van der Waals surface area (Å²) in [6, 6.07) is 7.81. The summed E-state index contributed by atoms with van der Waals surface area (Å²) in [7, 11) is 1.28. The minimum absolute atomic E-state index is 0.0337. The van der Waals surface area contributed by atoms with Crippen molar-refractivity contribution in [2.24, 2.45) is 0 Å². The third-order valence-electron chi connectivity index (χ3n) is 3.09. The van der Waals surface area contributed by atoms with Gasteiger partial charge in [0.15, 0.2) is 0 Å². The summed E-state index contributed by atoms with van der Waals surface area (Å²) in [5.41, 5.74) is 1.55. The fourth-order valence-corrected chi connectivity index (χ4v) is 2.21. The molecule has 0 aliphatic rings. The van der Waals surface area contributed by atoms with Crippen LogP contribution in [-0.4, -0.2) is 28.3 Å². The van der Waals surface area contributed by atoms with Crippen LogP contribution >= 0.6 is 0 Å². The molecule has 0 bridgehead atoms. The quantitative estimate of drug-likeness (QED) is 0.585. The van der Waals surface area contributed by atoms with Crippen molar-refractivity contribution >= 4 is 27.8 Å². The lowest BCUT2D eigenvalue weighted by atomic mass is 10.1. The number of carbonyl (C=O) groups excluding carboxylic acids is 1. The Balaban J connectivity index is 2.41. The highest BCUT2D eigenvalue weighted by molar-refractivity contribution is 6.11. The number of ether oxygens (including phenoxy) is 1. The Labute approximate surface area is 108 Å². The average molecular weight is 257 g/mol. The van der Waals surface area contributed by atoms with Crippen LogP contribution in [0.25, 0.3) is 21.8 Å². The molecule has 0 saturated carbocycles. The van der Waals surface area contributed by atoms with E-state index >= 15 is 0 Å². The molecular weight excluding hydrogens is 246 g/mol. The number of H-pyrrole nitrogens is 1. The van der Waals surface area contributed by atoms with Crippen molar-refractivity contribution in [1.29, 1.82) is 0 Å². The molecule has 3 rings (SSSR count). The summed E-state index contributed by atoms with van der Waals surface area (Å²) in [4.78, 5) is 14.6. The zero-order valence-electron chi connectivity index (χ0n) is 10.1. The number of aromatic nitrogens is 1. The van der Waals surface area contributed by atoms with E-state index in [2.05, 4.69) is 9.72 Å². The number of esters is 1. The summed E-state index contributed by atoms with van der Waals surface area (Å²) in [5, 5.41) is 20.9. The summed E-state index contributed by atoms with van der Waals surface area (Å²) < 4.78 is 4.64. The van der Waals surface area contributed by atoms with Crippen LogP contribution in [0.3, 0.4) is 0 Å². The average Bonchev–Trinajstić information content (AvgIpc) is 2.76. The van der Waals surface area contributed by atoms with Crippen LogP contribution in [-0.2, 0) is 4.74 Å². The van der Waals surface area contributed by atoms with Crippen LogP contribution in [0.1, 0.15) is 10.4 Å². The Bertz CT molecular complexity index is 804. The highest BCUT2D eigenvalue weighted by atomic mass is 16.5. The number of phenols is 2. The Morgan fingerprint density at radius 1 is 1.16 bits per heavy atom. The highest BCUT2D eigenvalue weighted by Gasteiger charge is 2.14. The minimum atomic E-state index is -0.522. The van der Waals surface area contributed by atoms with E-state index in [1.165, 1.54) is 13.2 Å². The fraction of sp³-hybridized carbons (Fsp3) is 0.0714. The first-order valence-corrected chi connectivity index (χ1v) is 5.66. The maximum absolute atomic E-state index is 11.5. The molecule has 0 saturated heterocycles. The fourth-order valence-electron chi connectivity index (χ4n) is 2.21. The number of phenolic OH excluding ortho intramolecular Hbond substituents is 2. The molecule has 3 aromatic rings. The van der Waals surface area contributed by atoms with Crippen molar-refractivity contribution in [1.82, 2.24) is 4.98 Å². The number of hydrogen-bond donors (Lipinski definition) is 3. The van der Waals surface area contributed by atoms with Gasteiger partial charge in [-0.05, 0) is 30.3 Å². The topological polar surface area (TPSA) is 82.5 Å². The van der Waals surface area contributed by atoms with Crippen LogP contribution in [0.15, 0.2) is 30.3 Å². The van der Waals surface area contributed by atoms with Crippen LogP contribution in [0.4, 0.5) is 0 Å². The van der Waals surface area contributed by atoms with Crippen molar-refractivity contribution in [2.75, 3.05) is 7.11 Å². The number of rotatable bonds is 1. The standard InChI is InChI=1S/C14H11NO4/c1-19-14(18)7-4-10-9-6-8(16)2-3-11(9)15-13(10)12(17)5-7/h2-6,15-17H,1H3. The van der Waals surface area contributed by atoms with Gasteiger partial charge in [0, 0.05) is 16.3 Å². The number of hydrogen-bond acceptors (Lipinski definition) is 4. The second-order valence-corrected chi connectivity index (χ2v) is 4.26. The molecule has 0 amide bonds. The van der Waals surface area contributed by atoms with Gasteiger partial charge >= 0.3 is 5.97 Å². The van der Waals surface area contributed by atoms with E-state index in [9.17, 15) is 15.0 Å². The Morgan fingerprint density at radius 3 is 2.68 bits per heavy atom. The molecule has 0 aliphatic heterocycles. The normalized spacial score (nSPS) is 11.0. The maximum atomic E-state index is 11.5. The summed E-state index contributed by atoms with van der Waals surface area (Å²) in [5.74, 6) is -0.434. The molecule has 96 valence electrons. The monoisotopic (exact) mass is 257 g/mol. The predicted molar refractivity (Wildman–Crippen MR) is 70.5 cm³/mol. The summed E-state index contributed by atoms with van der Waals surface area (Å²) in [6.45, 7) is 0. The minimum Gasteiger partial charge on any atom is -0.508 e. The van der Waals surface area contributed by atoms with Gasteiger partial charge in [0.2, 0.25) is 0 Å². The second kappa shape index (κ2) is 3.91. The van der Waals surface area contributed by atoms with Crippen LogP contribution in [0.2, 0.25) is 0 Å². The van der Waals surface area contributed by atoms with Crippen molar-refractivity contribution in [3.8, 4) is 11.5 Å². The SMILES string of the molecule is COC(=O)c1cc(O)c2[nH]c3ccc(O)cc3c2c1. The second-order valence-electron chi connectivity index (χ2n) is 4.26. The Morgan fingerprint density at radius 2 is 1.95 bits per heavy atom. The molecule has 0 spiro atoms.